The summed E-state index contributed by atoms with van der Waals surface area (Å²) in [7, 11) is 0. The molecule has 0 aliphatic rings. The fraction of sp³-hybridized carbons (Fsp3) is 0.136. The third-order valence-corrected chi connectivity index (χ3v) is 4.52. The van der Waals surface area contributed by atoms with Gasteiger partial charge in [-0.1, -0.05) is 18.2 Å². The lowest BCUT2D eigenvalue weighted by Crippen LogP contribution is -2.32. The molecule has 1 amide bonds. The number of para-hydroxylation sites is 2. The van der Waals surface area contributed by atoms with E-state index < -0.39 is 34.0 Å². The molecule has 33 heavy (non-hydrogen) atoms. The number of nitro groups is 1. The van der Waals surface area contributed by atoms with Gasteiger partial charge in [0.15, 0.2) is 6.10 Å². The van der Waals surface area contributed by atoms with Gasteiger partial charge in [0.25, 0.3) is 11.6 Å². The zero-order valence-corrected chi connectivity index (χ0v) is 17.5. The predicted octanol–water partition coefficient (Wildman–Crippen LogP) is 2.50. The summed E-state index contributed by atoms with van der Waals surface area (Å²) in [6.07, 6.45) is -1.30. The van der Waals surface area contributed by atoms with Crippen molar-refractivity contribution in [1.29, 1.82) is 5.26 Å². The number of nitrogens with one attached hydrogen (secondary N) is 1. The number of nitriles is 1. The molecule has 11 heteroatoms. The normalized spacial score (nSPS) is 11.2. The number of carbonyl (C=O) groups is 2. The van der Waals surface area contributed by atoms with Crippen molar-refractivity contribution in [3.05, 3.63) is 91.9 Å². The minimum Gasteiger partial charge on any atom is -0.448 e. The van der Waals surface area contributed by atoms with Crippen LogP contribution in [0.25, 0.3) is 5.69 Å². The first kappa shape index (κ1) is 22.8. The Morgan fingerprint density at radius 2 is 1.94 bits per heavy atom. The summed E-state index contributed by atoms with van der Waals surface area (Å²) >= 11 is 0. The second-order valence-electron chi connectivity index (χ2n) is 6.89. The summed E-state index contributed by atoms with van der Waals surface area (Å²) in [5, 5.41) is 26.8. The highest BCUT2D eigenvalue weighted by Gasteiger charge is 2.24. The van der Waals surface area contributed by atoms with Gasteiger partial charge in [-0.25, -0.2) is 9.48 Å². The van der Waals surface area contributed by atoms with Crippen LogP contribution in [0.5, 0.6) is 0 Å². The van der Waals surface area contributed by atoms with Gasteiger partial charge in [-0.2, -0.15) is 10.4 Å². The molecule has 0 unspecified atom stereocenters. The van der Waals surface area contributed by atoms with Crippen LogP contribution in [-0.4, -0.2) is 32.7 Å². The fourth-order valence-corrected chi connectivity index (χ4v) is 2.91. The van der Waals surface area contributed by atoms with Crippen LogP contribution < -0.4 is 10.7 Å². The number of amides is 1. The van der Waals surface area contributed by atoms with Crippen LogP contribution in [0.3, 0.4) is 0 Å². The van der Waals surface area contributed by atoms with E-state index in [0.717, 1.165) is 10.7 Å². The third-order valence-electron chi connectivity index (χ3n) is 4.52. The molecule has 3 aromatic rings. The fourth-order valence-electron chi connectivity index (χ4n) is 2.91. The molecular weight excluding hydrogens is 430 g/mol. The maximum absolute atomic E-state index is 12.6. The van der Waals surface area contributed by atoms with Crippen molar-refractivity contribution in [1.82, 2.24) is 9.78 Å². The van der Waals surface area contributed by atoms with Crippen molar-refractivity contribution < 1.29 is 19.2 Å². The molecule has 0 aliphatic heterocycles. The number of esters is 1. The average Bonchev–Trinajstić information content (AvgIpc) is 2.79. The molecule has 1 heterocycles. The molecule has 0 bridgehead atoms. The van der Waals surface area contributed by atoms with Crippen LogP contribution in [0, 0.1) is 28.4 Å². The van der Waals surface area contributed by atoms with Gasteiger partial charge in [-0.3, -0.25) is 19.7 Å². The number of carbonyl (C=O) groups excluding carboxylic acids is 2. The van der Waals surface area contributed by atoms with Gasteiger partial charge in [-0.15, -0.1) is 0 Å². The second-order valence-corrected chi connectivity index (χ2v) is 6.89. The molecule has 11 nitrogen and oxygen atoms in total. The van der Waals surface area contributed by atoms with Crippen LogP contribution in [0.15, 0.2) is 59.4 Å². The second kappa shape index (κ2) is 9.52. The number of nitro benzene ring substituents is 1. The molecule has 2 aromatic carbocycles. The Labute approximate surface area is 187 Å². The number of hydrogen-bond donors (Lipinski definition) is 1. The van der Waals surface area contributed by atoms with Crippen molar-refractivity contribution in [2.75, 3.05) is 5.32 Å². The lowest BCUT2D eigenvalue weighted by Gasteiger charge is -2.14. The van der Waals surface area contributed by atoms with Crippen molar-refractivity contribution in [2.24, 2.45) is 0 Å². The summed E-state index contributed by atoms with van der Waals surface area (Å²) in [5.41, 5.74) is -0.702. The van der Waals surface area contributed by atoms with Crippen LogP contribution in [0.4, 0.5) is 11.4 Å². The average molecular weight is 447 g/mol. The standard InChI is InChI=1S/C22H17N5O6/c1-13-10-19(28)20(25-26(13)17-8-3-4-9-18(17)27(31)32)22(30)33-14(2)21(29)24-16-7-5-6-15(11-16)12-23/h3-11,14H,1-2H3,(H,24,29)/t14-/m1/s1. The minimum atomic E-state index is -1.30. The molecule has 3 rings (SSSR count). The van der Waals surface area contributed by atoms with E-state index in [4.69, 9.17) is 10.00 Å². The Morgan fingerprint density at radius 3 is 2.64 bits per heavy atom. The Balaban J connectivity index is 1.85. The van der Waals surface area contributed by atoms with Gasteiger partial charge in [0.2, 0.25) is 11.1 Å². The Morgan fingerprint density at radius 1 is 1.21 bits per heavy atom. The molecule has 0 saturated carbocycles. The highest BCUT2D eigenvalue weighted by Crippen LogP contribution is 2.22. The lowest BCUT2D eigenvalue weighted by molar-refractivity contribution is -0.384. The zero-order valence-electron chi connectivity index (χ0n) is 17.5. The predicted molar refractivity (Wildman–Crippen MR) is 116 cm³/mol. The van der Waals surface area contributed by atoms with Gasteiger partial charge in [0, 0.05) is 23.5 Å². The van der Waals surface area contributed by atoms with Crippen LogP contribution in [0.2, 0.25) is 0 Å². The summed E-state index contributed by atoms with van der Waals surface area (Å²) in [6.45, 7) is 2.81. The first-order chi connectivity index (χ1) is 15.7. The maximum Gasteiger partial charge on any atom is 0.363 e. The number of aryl methyl sites for hydroxylation is 1. The first-order valence-electron chi connectivity index (χ1n) is 9.58. The number of rotatable bonds is 6. The van der Waals surface area contributed by atoms with E-state index in [-0.39, 0.29) is 17.1 Å². The quantitative estimate of drug-likeness (QED) is 0.343. The Bertz CT molecular complexity index is 1360. The van der Waals surface area contributed by atoms with E-state index in [2.05, 4.69) is 10.4 Å². The summed E-state index contributed by atoms with van der Waals surface area (Å²) in [4.78, 5) is 48.1. The van der Waals surface area contributed by atoms with Gasteiger partial charge in [-0.05, 0) is 38.1 Å². The maximum atomic E-state index is 12.6. The molecule has 0 radical (unpaired) electrons. The largest absolute Gasteiger partial charge is 0.448 e. The smallest absolute Gasteiger partial charge is 0.363 e. The summed E-state index contributed by atoms with van der Waals surface area (Å²) in [6, 6.07) is 14.9. The zero-order chi connectivity index (χ0) is 24.1. The van der Waals surface area contributed by atoms with Gasteiger partial charge < -0.3 is 10.1 Å². The number of benzene rings is 2. The van der Waals surface area contributed by atoms with E-state index in [0.29, 0.717) is 11.3 Å². The Hall–Kier alpha value is -4.85. The van der Waals surface area contributed by atoms with Gasteiger partial charge in [0.05, 0.1) is 16.6 Å². The van der Waals surface area contributed by atoms with E-state index in [1.54, 1.807) is 24.3 Å². The van der Waals surface area contributed by atoms with Gasteiger partial charge >= 0.3 is 5.97 Å². The third kappa shape index (κ3) is 5.08. The van der Waals surface area contributed by atoms with Crippen molar-refractivity contribution in [3.63, 3.8) is 0 Å². The number of anilines is 1. The SMILES string of the molecule is Cc1cc(=O)c(C(=O)O[C@H](C)C(=O)Nc2cccc(C#N)c2)nn1-c1ccccc1[N+](=O)[O-]. The van der Waals surface area contributed by atoms with E-state index in [9.17, 15) is 24.5 Å². The van der Waals surface area contributed by atoms with E-state index in [1.807, 2.05) is 6.07 Å². The Kier molecular flexibility index (Phi) is 6.59. The molecule has 1 atom stereocenters. The minimum absolute atomic E-state index is 0.0530. The molecule has 1 N–H and O–H groups in total. The molecule has 0 fully saturated rings. The highest BCUT2D eigenvalue weighted by molar-refractivity contribution is 5.96. The number of nitrogens with zero attached hydrogens (tertiary/aromatic N) is 4. The van der Waals surface area contributed by atoms with Gasteiger partial charge in [0.1, 0.15) is 5.69 Å². The molecule has 166 valence electrons. The topological polar surface area (TPSA) is 157 Å². The van der Waals surface area contributed by atoms with Crippen LogP contribution in [-0.2, 0) is 9.53 Å². The molecule has 0 saturated heterocycles. The molecule has 0 spiro atoms. The number of ether oxygens (including phenoxy) is 1. The first-order valence-corrected chi connectivity index (χ1v) is 9.58. The molecular formula is C22H17N5O6. The number of aromatic nitrogens is 2. The number of hydrogen-bond acceptors (Lipinski definition) is 8. The highest BCUT2D eigenvalue weighted by atomic mass is 16.6. The van der Waals surface area contributed by atoms with Crippen LogP contribution >= 0.6 is 0 Å². The monoisotopic (exact) mass is 447 g/mol. The van der Waals surface area contributed by atoms with Crippen LogP contribution in [0.1, 0.15) is 28.7 Å². The van der Waals surface area contributed by atoms with Crippen molar-refractivity contribution >= 4 is 23.3 Å². The van der Waals surface area contributed by atoms with E-state index in [1.165, 1.54) is 38.1 Å². The van der Waals surface area contributed by atoms with Crippen molar-refractivity contribution in [3.8, 4) is 11.8 Å². The molecule has 1 aromatic heterocycles. The molecule has 0 aliphatic carbocycles. The summed E-state index contributed by atoms with van der Waals surface area (Å²) in [5.74, 6) is -1.86. The van der Waals surface area contributed by atoms with Crippen molar-refractivity contribution in [2.45, 2.75) is 20.0 Å². The lowest BCUT2D eigenvalue weighted by atomic mass is 10.2. The summed E-state index contributed by atoms with van der Waals surface area (Å²) < 4.78 is 6.18. The van der Waals surface area contributed by atoms with E-state index >= 15 is 0 Å².